The van der Waals surface area contributed by atoms with E-state index >= 15 is 0 Å². The van der Waals surface area contributed by atoms with Crippen molar-refractivity contribution in [2.75, 3.05) is 6.54 Å². The minimum Gasteiger partial charge on any atom is -0.368 e. The number of alkyl halides is 3. The third-order valence-electron chi connectivity index (χ3n) is 1.85. The fourth-order valence-corrected chi connectivity index (χ4v) is 1.13. The average Bonchev–Trinajstić information content (AvgIpc) is 1.87. The normalized spacial score (nSPS) is 33.8. The Bertz CT molecular complexity index is 139. The van der Waals surface area contributed by atoms with E-state index < -0.39 is 11.9 Å². The molecule has 0 amide bonds. The molecule has 1 unspecified atom stereocenters. The maximum Gasteiger partial charge on any atom is 0.430 e. The minimum absolute atomic E-state index is 0.232. The van der Waals surface area contributed by atoms with Crippen LogP contribution in [0.25, 0.3) is 0 Å². The molecular formula is C6H10F3NO. The van der Waals surface area contributed by atoms with Crippen LogP contribution in [-0.2, 0) is 0 Å². The number of hydrogen-bond acceptors (Lipinski definition) is 2. The summed E-state index contributed by atoms with van der Waals surface area (Å²) in [5.41, 5.74) is -2.63. The molecule has 2 N–H and O–H groups in total. The van der Waals surface area contributed by atoms with Gasteiger partial charge < -0.3 is 5.11 Å². The Morgan fingerprint density at radius 2 is 1.91 bits per heavy atom. The maximum absolute atomic E-state index is 12.0. The second-order valence-electron chi connectivity index (χ2n) is 2.74. The van der Waals surface area contributed by atoms with Crippen LogP contribution in [0.4, 0.5) is 13.2 Å². The lowest BCUT2D eigenvalue weighted by molar-refractivity contribution is -0.279. The predicted octanol–water partition coefficient (Wildman–Crippen LogP) is 1.01. The lowest BCUT2D eigenvalue weighted by atomic mass is 10.0. The molecule has 0 aliphatic carbocycles. The average molecular weight is 169 g/mol. The van der Waals surface area contributed by atoms with Crippen molar-refractivity contribution >= 4 is 0 Å². The van der Waals surface area contributed by atoms with Crippen molar-refractivity contribution < 1.29 is 18.3 Å². The first-order chi connectivity index (χ1) is 4.96. The van der Waals surface area contributed by atoms with E-state index in [4.69, 9.17) is 5.11 Å². The van der Waals surface area contributed by atoms with Crippen LogP contribution < -0.4 is 5.32 Å². The summed E-state index contributed by atoms with van der Waals surface area (Å²) >= 11 is 0. The van der Waals surface area contributed by atoms with Crippen LogP contribution in [0, 0.1) is 0 Å². The van der Waals surface area contributed by atoms with Gasteiger partial charge in [-0.3, -0.25) is 5.32 Å². The molecule has 11 heavy (non-hydrogen) atoms. The standard InChI is InChI=1S/C6H10F3NO/c7-6(8,9)5(11)3-1-2-4-10-5/h10-11H,1-4H2. The summed E-state index contributed by atoms with van der Waals surface area (Å²) in [5.74, 6) is 0. The van der Waals surface area contributed by atoms with E-state index in [1.165, 1.54) is 0 Å². The number of hydrogen-bond donors (Lipinski definition) is 2. The van der Waals surface area contributed by atoms with E-state index in [9.17, 15) is 13.2 Å². The molecule has 0 spiro atoms. The van der Waals surface area contributed by atoms with Crippen molar-refractivity contribution in [2.24, 2.45) is 0 Å². The van der Waals surface area contributed by atoms with Crippen molar-refractivity contribution in [3.63, 3.8) is 0 Å². The van der Waals surface area contributed by atoms with E-state index in [1.807, 2.05) is 0 Å². The second-order valence-corrected chi connectivity index (χ2v) is 2.74. The van der Waals surface area contributed by atoms with Gasteiger partial charge in [-0.15, -0.1) is 0 Å². The molecular weight excluding hydrogens is 159 g/mol. The summed E-state index contributed by atoms with van der Waals surface area (Å²) in [6.45, 7) is 0.232. The van der Waals surface area contributed by atoms with Crippen LogP contribution in [0.5, 0.6) is 0 Å². The summed E-state index contributed by atoms with van der Waals surface area (Å²) in [7, 11) is 0. The van der Waals surface area contributed by atoms with Gasteiger partial charge >= 0.3 is 6.18 Å². The van der Waals surface area contributed by atoms with Gasteiger partial charge in [0.2, 0.25) is 5.72 Å². The summed E-state index contributed by atoms with van der Waals surface area (Å²) in [4.78, 5) is 0. The Kier molecular flexibility index (Phi) is 2.11. The summed E-state index contributed by atoms with van der Waals surface area (Å²) in [5, 5.41) is 11.0. The van der Waals surface area contributed by atoms with Crippen molar-refractivity contribution in [3.8, 4) is 0 Å². The molecule has 1 rings (SSSR count). The Morgan fingerprint density at radius 3 is 2.18 bits per heavy atom. The molecule has 1 atom stereocenters. The lowest BCUT2D eigenvalue weighted by Crippen LogP contribution is -2.58. The number of nitrogens with one attached hydrogen (secondary N) is 1. The predicted molar refractivity (Wildman–Crippen MR) is 32.9 cm³/mol. The maximum atomic E-state index is 12.0. The van der Waals surface area contributed by atoms with Crippen LogP contribution >= 0.6 is 0 Å². The highest BCUT2D eigenvalue weighted by Gasteiger charge is 2.53. The first kappa shape index (κ1) is 8.80. The van der Waals surface area contributed by atoms with Gasteiger partial charge in [-0.1, -0.05) is 0 Å². The molecule has 0 aromatic carbocycles. The van der Waals surface area contributed by atoms with Crippen molar-refractivity contribution in [1.29, 1.82) is 0 Å². The molecule has 1 aliphatic heterocycles. The summed E-state index contributed by atoms with van der Waals surface area (Å²) in [6, 6.07) is 0. The molecule has 1 fully saturated rings. The Morgan fingerprint density at radius 1 is 1.27 bits per heavy atom. The molecule has 0 saturated carbocycles. The van der Waals surface area contributed by atoms with Gasteiger partial charge in [0.15, 0.2) is 0 Å². The van der Waals surface area contributed by atoms with Crippen molar-refractivity contribution in [1.82, 2.24) is 5.32 Å². The van der Waals surface area contributed by atoms with Crippen LogP contribution in [-0.4, -0.2) is 23.6 Å². The number of rotatable bonds is 0. The zero-order chi connectivity index (χ0) is 8.54. The van der Waals surface area contributed by atoms with Gasteiger partial charge in [-0.25, -0.2) is 0 Å². The van der Waals surface area contributed by atoms with Gasteiger partial charge in [0.25, 0.3) is 0 Å². The molecule has 0 aromatic rings. The van der Waals surface area contributed by atoms with Crippen molar-refractivity contribution in [2.45, 2.75) is 31.2 Å². The van der Waals surface area contributed by atoms with Crippen molar-refractivity contribution in [3.05, 3.63) is 0 Å². The summed E-state index contributed by atoms with van der Waals surface area (Å²) < 4.78 is 36.0. The quantitative estimate of drug-likeness (QED) is 0.567. The lowest BCUT2D eigenvalue weighted by Gasteiger charge is -2.34. The van der Waals surface area contributed by atoms with Gasteiger partial charge in [0, 0.05) is 0 Å². The number of halogens is 3. The molecule has 0 bridgehead atoms. The molecule has 5 heteroatoms. The van der Waals surface area contributed by atoms with E-state index in [0.717, 1.165) is 0 Å². The van der Waals surface area contributed by atoms with E-state index in [1.54, 1.807) is 0 Å². The van der Waals surface area contributed by atoms with Crippen LogP contribution in [0.1, 0.15) is 19.3 Å². The van der Waals surface area contributed by atoms with E-state index in [-0.39, 0.29) is 13.0 Å². The van der Waals surface area contributed by atoms with Gasteiger partial charge in [0.05, 0.1) is 0 Å². The molecule has 0 aromatic heterocycles. The van der Waals surface area contributed by atoms with Crippen LogP contribution in [0.2, 0.25) is 0 Å². The summed E-state index contributed by atoms with van der Waals surface area (Å²) in [6.07, 6.45) is -3.68. The minimum atomic E-state index is -4.55. The van der Waals surface area contributed by atoms with Gasteiger partial charge in [0.1, 0.15) is 0 Å². The molecule has 1 heterocycles. The Hall–Kier alpha value is -0.290. The van der Waals surface area contributed by atoms with E-state index in [0.29, 0.717) is 12.8 Å². The highest BCUT2D eigenvalue weighted by molar-refractivity contribution is 4.86. The first-order valence-electron chi connectivity index (χ1n) is 3.50. The number of piperidine rings is 1. The highest BCUT2D eigenvalue weighted by atomic mass is 19.4. The fraction of sp³-hybridized carbons (Fsp3) is 1.00. The zero-order valence-corrected chi connectivity index (χ0v) is 5.91. The number of aliphatic hydroxyl groups is 1. The Balaban J connectivity index is 2.64. The SMILES string of the molecule is OC1(C(F)(F)F)CCCCN1. The second kappa shape index (κ2) is 2.64. The fourth-order valence-electron chi connectivity index (χ4n) is 1.13. The van der Waals surface area contributed by atoms with Gasteiger partial charge in [-0.2, -0.15) is 13.2 Å². The third kappa shape index (κ3) is 1.65. The first-order valence-corrected chi connectivity index (χ1v) is 3.50. The molecule has 1 aliphatic rings. The van der Waals surface area contributed by atoms with Gasteiger partial charge in [-0.05, 0) is 25.8 Å². The molecule has 0 radical (unpaired) electrons. The zero-order valence-electron chi connectivity index (χ0n) is 5.91. The molecule has 66 valence electrons. The monoisotopic (exact) mass is 169 g/mol. The largest absolute Gasteiger partial charge is 0.430 e. The van der Waals surface area contributed by atoms with Crippen LogP contribution in [0.15, 0.2) is 0 Å². The third-order valence-corrected chi connectivity index (χ3v) is 1.85. The van der Waals surface area contributed by atoms with E-state index in [2.05, 4.69) is 5.32 Å². The molecule has 2 nitrogen and oxygen atoms in total. The Labute approximate surface area is 62.4 Å². The molecule has 1 saturated heterocycles. The highest BCUT2D eigenvalue weighted by Crippen LogP contribution is 2.33. The van der Waals surface area contributed by atoms with Crippen LogP contribution in [0.3, 0.4) is 0 Å². The topological polar surface area (TPSA) is 32.3 Å². The smallest absolute Gasteiger partial charge is 0.368 e.